The van der Waals surface area contributed by atoms with Gasteiger partial charge in [-0.2, -0.15) is 0 Å². The van der Waals surface area contributed by atoms with Gasteiger partial charge in [-0.1, -0.05) is 27.7 Å². The molecule has 110 valence electrons. The summed E-state index contributed by atoms with van der Waals surface area (Å²) in [5.41, 5.74) is 2.25. The minimum atomic E-state index is 0.465. The van der Waals surface area contributed by atoms with E-state index in [4.69, 9.17) is 9.97 Å². The van der Waals surface area contributed by atoms with Crippen molar-refractivity contribution in [1.29, 1.82) is 0 Å². The average molecular weight is 310 g/mol. The lowest BCUT2D eigenvalue weighted by molar-refractivity contribution is 0.763. The molecule has 0 aliphatic carbocycles. The van der Waals surface area contributed by atoms with Crippen LogP contribution in [0.25, 0.3) is 10.6 Å². The molecule has 20 heavy (non-hydrogen) atoms. The number of thiazole rings is 2. The van der Waals surface area contributed by atoms with E-state index < -0.39 is 0 Å². The summed E-state index contributed by atoms with van der Waals surface area (Å²) in [6.07, 6.45) is 2.07. The van der Waals surface area contributed by atoms with Gasteiger partial charge in [-0.3, -0.25) is 0 Å². The van der Waals surface area contributed by atoms with E-state index >= 15 is 0 Å². The van der Waals surface area contributed by atoms with E-state index in [9.17, 15) is 0 Å². The van der Waals surface area contributed by atoms with E-state index in [1.807, 2.05) is 0 Å². The smallest absolute Gasteiger partial charge is 0.183 e. The van der Waals surface area contributed by atoms with Gasteiger partial charge in [-0.05, 0) is 19.8 Å². The molecule has 0 bridgehead atoms. The molecule has 5 heteroatoms. The molecule has 2 aromatic heterocycles. The topological polar surface area (TPSA) is 37.8 Å². The first-order valence-corrected chi connectivity index (χ1v) is 8.96. The molecule has 2 heterocycles. The van der Waals surface area contributed by atoms with Crippen LogP contribution in [-0.2, 0) is 6.42 Å². The van der Waals surface area contributed by atoms with Crippen molar-refractivity contribution >= 4 is 27.8 Å². The van der Waals surface area contributed by atoms with E-state index in [-0.39, 0.29) is 0 Å². The van der Waals surface area contributed by atoms with Gasteiger partial charge >= 0.3 is 0 Å². The van der Waals surface area contributed by atoms with Crippen molar-refractivity contribution in [2.75, 3.05) is 5.32 Å². The van der Waals surface area contributed by atoms with Crippen molar-refractivity contribution in [3.05, 3.63) is 16.1 Å². The first kappa shape index (κ1) is 15.4. The van der Waals surface area contributed by atoms with Crippen LogP contribution in [0, 0.1) is 0 Å². The molecular formula is C15H23N3S2. The van der Waals surface area contributed by atoms with Gasteiger partial charge in [0.15, 0.2) is 5.13 Å². The predicted molar refractivity (Wildman–Crippen MR) is 90.1 cm³/mol. The molecule has 3 nitrogen and oxygen atoms in total. The normalized spacial score (nSPS) is 12.9. The molecule has 0 aliphatic heterocycles. The Labute approximate surface area is 129 Å². The molecule has 0 amide bonds. The first-order valence-electron chi connectivity index (χ1n) is 7.27. The van der Waals surface area contributed by atoms with Gasteiger partial charge in [0.25, 0.3) is 0 Å². The van der Waals surface area contributed by atoms with Crippen LogP contribution >= 0.6 is 22.7 Å². The maximum absolute atomic E-state index is 4.75. The molecule has 0 radical (unpaired) electrons. The fourth-order valence-electron chi connectivity index (χ4n) is 1.81. The van der Waals surface area contributed by atoms with Crippen LogP contribution in [-0.4, -0.2) is 16.0 Å². The Morgan fingerprint density at radius 1 is 1.20 bits per heavy atom. The molecule has 2 aromatic rings. The molecule has 1 atom stereocenters. The lowest BCUT2D eigenvalue weighted by atomic mass is 10.2. The summed E-state index contributed by atoms with van der Waals surface area (Å²) in [5.74, 6) is 0.482. The minimum Gasteiger partial charge on any atom is -0.359 e. The highest BCUT2D eigenvalue weighted by molar-refractivity contribution is 7.17. The third kappa shape index (κ3) is 3.38. The van der Waals surface area contributed by atoms with E-state index in [0.29, 0.717) is 12.0 Å². The van der Waals surface area contributed by atoms with Crippen molar-refractivity contribution in [2.45, 2.75) is 59.4 Å². The van der Waals surface area contributed by atoms with Crippen LogP contribution in [0.3, 0.4) is 0 Å². The zero-order valence-electron chi connectivity index (χ0n) is 12.9. The SMILES string of the molecule is CCc1nc(C(C)C)sc1-c1csc(NC(C)CC)n1. The zero-order valence-corrected chi connectivity index (χ0v) is 14.5. The fraction of sp³-hybridized carbons (Fsp3) is 0.600. The third-order valence-electron chi connectivity index (χ3n) is 3.26. The molecule has 1 unspecified atom stereocenters. The maximum atomic E-state index is 4.75. The number of aromatic nitrogens is 2. The molecule has 0 aromatic carbocycles. The zero-order chi connectivity index (χ0) is 14.7. The molecule has 0 aliphatic rings. The first-order chi connectivity index (χ1) is 9.55. The summed E-state index contributed by atoms with van der Waals surface area (Å²) in [6, 6.07) is 0.465. The lowest BCUT2D eigenvalue weighted by Gasteiger charge is -2.08. The number of rotatable bonds is 6. The molecule has 0 saturated carbocycles. The summed E-state index contributed by atoms with van der Waals surface area (Å²) in [6.45, 7) is 10.9. The van der Waals surface area contributed by atoms with Crippen LogP contribution in [0.2, 0.25) is 0 Å². The molecular weight excluding hydrogens is 286 g/mol. The lowest BCUT2D eigenvalue weighted by Crippen LogP contribution is -2.12. The number of hydrogen-bond acceptors (Lipinski definition) is 5. The number of anilines is 1. The van der Waals surface area contributed by atoms with E-state index in [1.165, 1.54) is 15.6 Å². The van der Waals surface area contributed by atoms with Gasteiger partial charge in [0.1, 0.15) is 0 Å². The Morgan fingerprint density at radius 2 is 1.95 bits per heavy atom. The second kappa shape index (κ2) is 6.68. The van der Waals surface area contributed by atoms with Gasteiger partial charge < -0.3 is 5.32 Å². The highest BCUT2D eigenvalue weighted by Crippen LogP contribution is 2.35. The van der Waals surface area contributed by atoms with E-state index in [2.05, 4.69) is 45.3 Å². The average Bonchev–Trinajstić information content (AvgIpc) is 3.04. The summed E-state index contributed by atoms with van der Waals surface area (Å²) in [5, 5.41) is 7.80. The Morgan fingerprint density at radius 3 is 2.55 bits per heavy atom. The Kier molecular flexibility index (Phi) is 5.16. The highest BCUT2D eigenvalue weighted by atomic mass is 32.1. The van der Waals surface area contributed by atoms with E-state index in [0.717, 1.165) is 23.7 Å². The quantitative estimate of drug-likeness (QED) is 0.800. The van der Waals surface area contributed by atoms with Crippen molar-refractivity contribution in [2.24, 2.45) is 0 Å². The summed E-state index contributed by atoms with van der Waals surface area (Å²) < 4.78 is 0. The number of nitrogens with one attached hydrogen (secondary N) is 1. The molecule has 2 rings (SSSR count). The summed E-state index contributed by atoms with van der Waals surface area (Å²) >= 11 is 3.47. The second-order valence-corrected chi connectivity index (χ2v) is 7.22. The number of nitrogens with zero attached hydrogens (tertiary/aromatic N) is 2. The highest BCUT2D eigenvalue weighted by Gasteiger charge is 2.16. The Balaban J connectivity index is 2.27. The third-order valence-corrected chi connectivity index (χ3v) is 5.46. The molecule has 0 spiro atoms. The van der Waals surface area contributed by atoms with Gasteiger partial charge in [0.2, 0.25) is 0 Å². The molecule has 0 fully saturated rings. The van der Waals surface area contributed by atoms with Gasteiger partial charge in [0.05, 0.1) is 21.3 Å². The van der Waals surface area contributed by atoms with Crippen LogP contribution in [0.5, 0.6) is 0 Å². The Hall–Kier alpha value is -0.940. The maximum Gasteiger partial charge on any atom is 0.183 e. The van der Waals surface area contributed by atoms with Crippen LogP contribution in [0.1, 0.15) is 57.7 Å². The van der Waals surface area contributed by atoms with Crippen LogP contribution in [0.15, 0.2) is 5.38 Å². The predicted octanol–water partition coefficient (Wildman–Crippen LogP) is 5.16. The Bertz CT molecular complexity index is 557. The monoisotopic (exact) mass is 309 g/mol. The molecule has 1 N–H and O–H groups in total. The van der Waals surface area contributed by atoms with Crippen LogP contribution in [0.4, 0.5) is 5.13 Å². The second-order valence-electron chi connectivity index (χ2n) is 5.33. The van der Waals surface area contributed by atoms with Crippen molar-refractivity contribution in [3.63, 3.8) is 0 Å². The van der Waals surface area contributed by atoms with Crippen molar-refractivity contribution in [3.8, 4) is 10.6 Å². The minimum absolute atomic E-state index is 0.465. The van der Waals surface area contributed by atoms with E-state index in [1.54, 1.807) is 22.7 Å². The van der Waals surface area contributed by atoms with Crippen LogP contribution < -0.4 is 5.32 Å². The fourth-order valence-corrected chi connectivity index (χ4v) is 3.82. The number of aryl methyl sites for hydroxylation is 1. The summed E-state index contributed by atoms with van der Waals surface area (Å²) in [4.78, 5) is 10.7. The van der Waals surface area contributed by atoms with Crippen molar-refractivity contribution in [1.82, 2.24) is 9.97 Å². The van der Waals surface area contributed by atoms with Gasteiger partial charge in [0, 0.05) is 17.3 Å². The van der Waals surface area contributed by atoms with Gasteiger partial charge in [-0.25, -0.2) is 9.97 Å². The summed E-state index contributed by atoms with van der Waals surface area (Å²) in [7, 11) is 0. The van der Waals surface area contributed by atoms with Crippen molar-refractivity contribution < 1.29 is 0 Å². The van der Waals surface area contributed by atoms with Gasteiger partial charge in [-0.15, -0.1) is 22.7 Å². The number of hydrogen-bond donors (Lipinski definition) is 1. The largest absolute Gasteiger partial charge is 0.359 e. The standard InChI is InChI=1S/C15H23N3S2/c1-6-10(5)16-15-18-12(8-19-15)13-11(7-2)17-14(20-13)9(3)4/h8-10H,6-7H2,1-5H3,(H,16,18). The molecule has 0 saturated heterocycles.